The SMILES string of the molecule is CCC(=O)c1cc(Nc2nccc(N(C)c3ccc(CC(=O)Cc4cccc(OC)c4)cc3)n2)ccc1C. The topological polar surface area (TPSA) is 84.4 Å². The fourth-order valence-corrected chi connectivity index (χ4v) is 4.19. The quantitative estimate of drug-likeness (QED) is 0.240. The summed E-state index contributed by atoms with van der Waals surface area (Å²) in [7, 11) is 3.55. The van der Waals surface area contributed by atoms with E-state index in [4.69, 9.17) is 4.74 Å². The highest BCUT2D eigenvalue weighted by molar-refractivity contribution is 5.98. The van der Waals surface area contributed by atoms with Gasteiger partial charge in [0.05, 0.1) is 7.11 Å². The van der Waals surface area contributed by atoms with Gasteiger partial charge in [0.2, 0.25) is 5.95 Å². The molecule has 0 saturated heterocycles. The van der Waals surface area contributed by atoms with Crippen LogP contribution in [0.3, 0.4) is 0 Å². The van der Waals surface area contributed by atoms with Gasteiger partial charge in [0.25, 0.3) is 0 Å². The molecule has 0 spiro atoms. The number of ether oxygens (including phenoxy) is 1. The number of nitrogens with one attached hydrogen (secondary N) is 1. The number of carbonyl (C=O) groups excluding carboxylic acids is 2. The fraction of sp³-hybridized carbons (Fsp3) is 0.226. The van der Waals surface area contributed by atoms with Gasteiger partial charge in [0.15, 0.2) is 5.78 Å². The Bertz CT molecular complexity index is 1430. The Kier molecular flexibility index (Phi) is 8.48. The molecule has 1 heterocycles. The minimum atomic E-state index is 0.103. The number of carbonyl (C=O) groups is 2. The molecular formula is C31H32N4O3. The van der Waals surface area contributed by atoms with Gasteiger partial charge in [-0.15, -0.1) is 0 Å². The van der Waals surface area contributed by atoms with Crippen molar-refractivity contribution in [2.24, 2.45) is 0 Å². The summed E-state index contributed by atoms with van der Waals surface area (Å²) in [5.74, 6) is 2.15. The van der Waals surface area contributed by atoms with E-state index in [2.05, 4.69) is 15.3 Å². The number of hydrogen-bond acceptors (Lipinski definition) is 7. The van der Waals surface area contributed by atoms with Crippen LogP contribution in [0.1, 0.15) is 40.4 Å². The molecule has 4 aromatic rings. The summed E-state index contributed by atoms with van der Waals surface area (Å²) < 4.78 is 5.24. The zero-order valence-electron chi connectivity index (χ0n) is 22.2. The lowest BCUT2D eigenvalue weighted by Crippen LogP contribution is -2.13. The Morgan fingerprint density at radius 2 is 1.71 bits per heavy atom. The molecular weight excluding hydrogens is 476 g/mol. The number of aryl methyl sites for hydroxylation is 1. The summed E-state index contributed by atoms with van der Waals surface area (Å²) in [5.41, 5.74) is 5.24. The van der Waals surface area contributed by atoms with Crippen molar-refractivity contribution in [2.75, 3.05) is 24.4 Å². The van der Waals surface area contributed by atoms with Crippen molar-refractivity contribution in [1.29, 1.82) is 0 Å². The minimum absolute atomic E-state index is 0.103. The highest BCUT2D eigenvalue weighted by Crippen LogP contribution is 2.25. The molecule has 0 amide bonds. The standard InChI is InChI=1S/C31H32N4O3/c1-5-29(37)28-20-24(12-9-21(28)2)33-31-32-16-15-30(34-31)35(3)25-13-10-22(11-14-25)17-26(36)18-23-7-6-8-27(19-23)38-4/h6-16,19-20H,5,17-18H2,1-4H3,(H,32,33,34). The molecule has 1 N–H and O–H groups in total. The van der Waals surface area contributed by atoms with E-state index in [1.54, 1.807) is 13.3 Å². The molecule has 0 aliphatic carbocycles. The van der Waals surface area contributed by atoms with Gasteiger partial charge in [-0.25, -0.2) is 4.98 Å². The summed E-state index contributed by atoms with van der Waals surface area (Å²) in [6, 6.07) is 23.0. The molecule has 1 aromatic heterocycles. The third kappa shape index (κ3) is 6.62. The lowest BCUT2D eigenvalue weighted by atomic mass is 10.0. The molecule has 194 valence electrons. The monoisotopic (exact) mass is 508 g/mol. The first-order valence-corrected chi connectivity index (χ1v) is 12.6. The van der Waals surface area contributed by atoms with E-state index >= 15 is 0 Å². The van der Waals surface area contributed by atoms with Crippen LogP contribution in [0.5, 0.6) is 5.75 Å². The van der Waals surface area contributed by atoms with Crippen LogP contribution in [0.4, 0.5) is 23.1 Å². The van der Waals surface area contributed by atoms with Crippen LogP contribution in [-0.2, 0) is 17.6 Å². The van der Waals surface area contributed by atoms with Crippen molar-refractivity contribution in [3.8, 4) is 5.75 Å². The van der Waals surface area contributed by atoms with Gasteiger partial charge in [-0.05, 0) is 66.1 Å². The van der Waals surface area contributed by atoms with Crippen LogP contribution in [0.15, 0.2) is 79.0 Å². The summed E-state index contributed by atoms with van der Waals surface area (Å²) in [4.78, 5) is 35.8. The Morgan fingerprint density at radius 1 is 0.947 bits per heavy atom. The number of aromatic nitrogens is 2. The Labute approximate surface area is 223 Å². The molecule has 0 bridgehead atoms. The van der Waals surface area contributed by atoms with Crippen LogP contribution in [-0.4, -0.2) is 35.7 Å². The summed E-state index contributed by atoms with van der Waals surface area (Å²) in [6.45, 7) is 3.79. The van der Waals surface area contributed by atoms with Crippen molar-refractivity contribution in [3.05, 3.63) is 101 Å². The zero-order valence-corrected chi connectivity index (χ0v) is 22.2. The van der Waals surface area contributed by atoms with Gasteiger partial charge in [-0.1, -0.05) is 37.3 Å². The van der Waals surface area contributed by atoms with Gasteiger partial charge in [0, 0.05) is 49.4 Å². The number of benzene rings is 3. The number of hydrogen-bond donors (Lipinski definition) is 1. The molecule has 7 nitrogen and oxygen atoms in total. The van der Waals surface area contributed by atoms with Crippen molar-refractivity contribution in [1.82, 2.24) is 9.97 Å². The number of ketones is 2. The van der Waals surface area contributed by atoms with E-state index in [0.29, 0.717) is 36.6 Å². The molecule has 3 aromatic carbocycles. The molecule has 0 atom stereocenters. The molecule has 0 saturated carbocycles. The first-order valence-electron chi connectivity index (χ1n) is 12.6. The minimum Gasteiger partial charge on any atom is -0.497 e. The first-order chi connectivity index (χ1) is 18.4. The first kappa shape index (κ1) is 26.5. The maximum atomic E-state index is 12.6. The van der Waals surface area contributed by atoms with Crippen molar-refractivity contribution in [2.45, 2.75) is 33.1 Å². The molecule has 4 rings (SSSR count). The smallest absolute Gasteiger partial charge is 0.229 e. The van der Waals surface area contributed by atoms with E-state index in [1.165, 1.54) is 0 Å². The van der Waals surface area contributed by atoms with Gasteiger partial charge < -0.3 is 15.0 Å². The predicted molar refractivity (Wildman–Crippen MR) is 151 cm³/mol. The lowest BCUT2D eigenvalue weighted by Gasteiger charge is -2.19. The fourth-order valence-electron chi connectivity index (χ4n) is 4.19. The van der Waals surface area contributed by atoms with E-state index in [1.807, 2.05) is 98.6 Å². The normalized spacial score (nSPS) is 10.6. The molecule has 0 aliphatic rings. The van der Waals surface area contributed by atoms with E-state index in [0.717, 1.165) is 33.8 Å². The van der Waals surface area contributed by atoms with Gasteiger partial charge in [0.1, 0.15) is 17.4 Å². The highest BCUT2D eigenvalue weighted by Gasteiger charge is 2.12. The van der Waals surface area contributed by atoms with Crippen LogP contribution in [0.2, 0.25) is 0 Å². The second kappa shape index (κ2) is 12.1. The Balaban J connectivity index is 1.41. The average Bonchev–Trinajstić information content (AvgIpc) is 2.94. The van der Waals surface area contributed by atoms with Crippen LogP contribution in [0, 0.1) is 6.92 Å². The molecule has 0 radical (unpaired) electrons. The third-order valence-electron chi connectivity index (χ3n) is 6.36. The van der Waals surface area contributed by atoms with E-state index in [9.17, 15) is 9.59 Å². The van der Waals surface area contributed by atoms with Gasteiger partial charge in [-0.2, -0.15) is 4.98 Å². The average molecular weight is 509 g/mol. The lowest BCUT2D eigenvalue weighted by molar-refractivity contribution is -0.117. The van der Waals surface area contributed by atoms with Crippen LogP contribution in [0.25, 0.3) is 0 Å². The van der Waals surface area contributed by atoms with Gasteiger partial charge in [-0.3, -0.25) is 9.59 Å². The number of Topliss-reactive ketones (excluding diaryl/α,β-unsaturated/α-hetero) is 2. The van der Waals surface area contributed by atoms with E-state index in [-0.39, 0.29) is 11.6 Å². The molecule has 7 heteroatoms. The Morgan fingerprint density at radius 3 is 2.45 bits per heavy atom. The van der Waals surface area contributed by atoms with Gasteiger partial charge >= 0.3 is 0 Å². The molecule has 0 aliphatic heterocycles. The van der Waals surface area contributed by atoms with Crippen molar-refractivity contribution in [3.63, 3.8) is 0 Å². The number of methoxy groups -OCH3 is 1. The summed E-state index contributed by atoms with van der Waals surface area (Å²) in [5, 5.41) is 3.21. The third-order valence-corrected chi connectivity index (χ3v) is 6.36. The highest BCUT2D eigenvalue weighted by atomic mass is 16.5. The second-order valence-electron chi connectivity index (χ2n) is 9.14. The van der Waals surface area contributed by atoms with Crippen LogP contribution >= 0.6 is 0 Å². The van der Waals surface area contributed by atoms with Crippen molar-refractivity contribution >= 4 is 34.7 Å². The van der Waals surface area contributed by atoms with Crippen molar-refractivity contribution < 1.29 is 14.3 Å². The summed E-state index contributed by atoms with van der Waals surface area (Å²) in [6.07, 6.45) is 2.88. The summed E-state index contributed by atoms with van der Waals surface area (Å²) >= 11 is 0. The maximum Gasteiger partial charge on any atom is 0.229 e. The Hall–Kier alpha value is -4.52. The zero-order chi connectivity index (χ0) is 27.1. The van der Waals surface area contributed by atoms with E-state index < -0.39 is 0 Å². The number of anilines is 4. The maximum absolute atomic E-state index is 12.6. The molecule has 0 unspecified atom stereocenters. The number of rotatable bonds is 11. The second-order valence-corrected chi connectivity index (χ2v) is 9.14. The van der Waals surface area contributed by atoms with Crippen LogP contribution < -0.4 is 15.0 Å². The largest absolute Gasteiger partial charge is 0.497 e. The predicted octanol–water partition coefficient (Wildman–Crippen LogP) is 6.25. The molecule has 38 heavy (non-hydrogen) atoms. The molecule has 0 fully saturated rings. The number of nitrogens with zero attached hydrogens (tertiary/aromatic N) is 3.